The first kappa shape index (κ1) is 14.5. The van der Waals surface area contributed by atoms with Crippen molar-refractivity contribution in [3.05, 3.63) is 59.8 Å². The molecule has 1 aliphatic rings. The molecule has 2 heterocycles. The average molecular weight is 326 g/mol. The lowest BCUT2D eigenvalue weighted by molar-refractivity contribution is 0.313. The molecule has 0 bridgehead atoms. The Balaban J connectivity index is 1.88. The Morgan fingerprint density at radius 3 is 2.61 bits per heavy atom. The average Bonchev–Trinajstić information content (AvgIpc) is 2.93. The molecule has 1 aliphatic heterocycles. The van der Waals surface area contributed by atoms with E-state index in [4.69, 9.17) is 0 Å². The zero-order valence-corrected chi connectivity index (χ0v) is 13.7. The molecule has 0 fully saturated rings. The molecular formula is C18H18N2O2S. The van der Waals surface area contributed by atoms with E-state index in [1.165, 1.54) is 11.3 Å². The predicted molar refractivity (Wildman–Crippen MR) is 90.2 cm³/mol. The Morgan fingerprint density at radius 2 is 1.83 bits per heavy atom. The maximum atomic E-state index is 12.8. The molecule has 0 spiro atoms. The molecule has 4 rings (SSSR count). The SMILES string of the molecule is CN1CCc2[nH]c3ccc(S(=O)(=O)c4ccccc4)cc3c2C1. The van der Waals surface area contributed by atoms with Crippen LogP contribution >= 0.6 is 0 Å². The number of fused-ring (bicyclic) bond motifs is 3. The first-order valence-electron chi connectivity index (χ1n) is 7.68. The molecule has 23 heavy (non-hydrogen) atoms. The number of hydrogen-bond acceptors (Lipinski definition) is 3. The number of H-pyrrole nitrogens is 1. The molecule has 0 unspecified atom stereocenters. The van der Waals surface area contributed by atoms with Gasteiger partial charge in [0.05, 0.1) is 9.79 Å². The van der Waals surface area contributed by atoms with E-state index in [1.807, 2.05) is 18.2 Å². The second-order valence-corrected chi connectivity index (χ2v) is 8.04. The maximum absolute atomic E-state index is 12.8. The minimum Gasteiger partial charge on any atom is -0.358 e. The third kappa shape index (κ3) is 2.36. The summed E-state index contributed by atoms with van der Waals surface area (Å²) in [6, 6.07) is 14.0. The number of benzene rings is 2. The van der Waals surface area contributed by atoms with Gasteiger partial charge in [-0.3, -0.25) is 0 Å². The van der Waals surface area contributed by atoms with Gasteiger partial charge in [0, 0.05) is 36.1 Å². The van der Waals surface area contributed by atoms with Crippen molar-refractivity contribution in [1.29, 1.82) is 0 Å². The second-order valence-electron chi connectivity index (χ2n) is 6.09. The molecule has 2 aromatic carbocycles. The minimum atomic E-state index is -3.48. The molecule has 0 radical (unpaired) electrons. The van der Waals surface area contributed by atoms with Crippen molar-refractivity contribution in [3.63, 3.8) is 0 Å². The van der Waals surface area contributed by atoms with Crippen LogP contribution in [0.15, 0.2) is 58.3 Å². The number of nitrogens with zero attached hydrogens (tertiary/aromatic N) is 1. The Kier molecular flexibility index (Phi) is 3.28. The summed E-state index contributed by atoms with van der Waals surface area (Å²) in [5.41, 5.74) is 3.46. The van der Waals surface area contributed by atoms with Gasteiger partial charge in [-0.15, -0.1) is 0 Å². The van der Waals surface area contributed by atoms with Crippen LogP contribution in [0.3, 0.4) is 0 Å². The molecular weight excluding hydrogens is 308 g/mol. The van der Waals surface area contributed by atoms with Crippen LogP contribution in [-0.4, -0.2) is 31.9 Å². The number of sulfone groups is 1. The van der Waals surface area contributed by atoms with Crippen LogP contribution in [0.5, 0.6) is 0 Å². The molecule has 118 valence electrons. The largest absolute Gasteiger partial charge is 0.358 e. The molecule has 0 atom stereocenters. The van der Waals surface area contributed by atoms with Crippen LogP contribution < -0.4 is 0 Å². The third-order valence-corrected chi connectivity index (χ3v) is 6.27. The quantitative estimate of drug-likeness (QED) is 0.788. The number of rotatable bonds is 2. The summed E-state index contributed by atoms with van der Waals surface area (Å²) in [4.78, 5) is 6.38. The van der Waals surface area contributed by atoms with E-state index in [0.29, 0.717) is 9.79 Å². The zero-order valence-electron chi connectivity index (χ0n) is 12.9. The lowest BCUT2D eigenvalue weighted by atomic mass is 10.1. The standard InChI is InChI=1S/C18H18N2O2S/c1-20-10-9-18-16(12-20)15-11-14(7-8-17(15)19-18)23(21,22)13-5-3-2-4-6-13/h2-8,11,19H,9-10,12H2,1H3. The van der Waals surface area contributed by atoms with Gasteiger partial charge >= 0.3 is 0 Å². The van der Waals surface area contributed by atoms with Crippen LogP contribution in [0, 0.1) is 0 Å². The molecule has 0 saturated carbocycles. The fraction of sp³-hybridized carbons (Fsp3) is 0.222. The highest BCUT2D eigenvalue weighted by Gasteiger charge is 2.22. The topological polar surface area (TPSA) is 53.2 Å². The van der Waals surface area contributed by atoms with Crippen molar-refractivity contribution in [2.24, 2.45) is 0 Å². The van der Waals surface area contributed by atoms with Crippen molar-refractivity contribution in [1.82, 2.24) is 9.88 Å². The molecule has 0 saturated heterocycles. The summed E-state index contributed by atoms with van der Waals surface area (Å²) in [5, 5.41) is 1.02. The number of hydrogen-bond donors (Lipinski definition) is 1. The summed E-state index contributed by atoms with van der Waals surface area (Å²) in [6.07, 6.45) is 0.973. The minimum absolute atomic E-state index is 0.334. The van der Waals surface area contributed by atoms with Crippen molar-refractivity contribution >= 4 is 20.7 Å². The van der Waals surface area contributed by atoms with Crippen LogP contribution in [0.1, 0.15) is 11.3 Å². The third-order valence-electron chi connectivity index (χ3n) is 4.50. The summed E-state index contributed by atoms with van der Waals surface area (Å²) in [5.74, 6) is 0. The van der Waals surface area contributed by atoms with E-state index in [0.717, 1.165) is 30.4 Å². The highest BCUT2D eigenvalue weighted by Crippen LogP contribution is 2.30. The first-order chi connectivity index (χ1) is 11.1. The van der Waals surface area contributed by atoms with Gasteiger partial charge in [0.2, 0.25) is 9.84 Å². The van der Waals surface area contributed by atoms with Crippen molar-refractivity contribution < 1.29 is 8.42 Å². The number of likely N-dealkylation sites (N-methyl/N-ethyl adjacent to an activating group) is 1. The van der Waals surface area contributed by atoms with E-state index in [2.05, 4.69) is 16.9 Å². The Morgan fingerprint density at radius 1 is 1.04 bits per heavy atom. The van der Waals surface area contributed by atoms with Gasteiger partial charge in [0.1, 0.15) is 0 Å². The van der Waals surface area contributed by atoms with Gasteiger partial charge in [0.15, 0.2) is 0 Å². The van der Waals surface area contributed by atoms with Gasteiger partial charge in [0.25, 0.3) is 0 Å². The molecule has 1 N–H and O–H groups in total. The maximum Gasteiger partial charge on any atom is 0.206 e. The van der Waals surface area contributed by atoms with Crippen molar-refractivity contribution in [3.8, 4) is 0 Å². The number of nitrogens with one attached hydrogen (secondary N) is 1. The lowest BCUT2D eigenvalue weighted by Crippen LogP contribution is -2.26. The van der Waals surface area contributed by atoms with Crippen LogP contribution in [0.2, 0.25) is 0 Å². The molecule has 0 aliphatic carbocycles. The van der Waals surface area contributed by atoms with Crippen molar-refractivity contribution in [2.75, 3.05) is 13.6 Å². The van der Waals surface area contributed by atoms with E-state index in [-0.39, 0.29) is 0 Å². The molecule has 0 amide bonds. The van der Waals surface area contributed by atoms with E-state index >= 15 is 0 Å². The Labute approximate surface area is 135 Å². The molecule has 5 heteroatoms. The highest BCUT2D eigenvalue weighted by atomic mass is 32.2. The lowest BCUT2D eigenvalue weighted by Gasteiger charge is -2.22. The second kappa shape index (κ2) is 5.22. The van der Waals surface area contributed by atoms with Gasteiger partial charge in [-0.05, 0) is 42.9 Å². The van der Waals surface area contributed by atoms with Gasteiger partial charge in [-0.2, -0.15) is 0 Å². The van der Waals surface area contributed by atoms with Gasteiger partial charge < -0.3 is 9.88 Å². The Hall–Kier alpha value is -2.11. The fourth-order valence-electron chi connectivity index (χ4n) is 3.23. The van der Waals surface area contributed by atoms with Gasteiger partial charge in [-0.1, -0.05) is 18.2 Å². The predicted octanol–water partition coefficient (Wildman–Crippen LogP) is 2.99. The Bertz CT molecular complexity index is 975. The van der Waals surface area contributed by atoms with Crippen molar-refractivity contribution in [2.45, 2.75) is 22.8 Å². The summed E-state index contributed by atoms with van der Waals surface area (Å²) in [7, 11) is -1.39. The number of aromatic nitrogens is 1. The van der Waals surface area contributed by atoms with Crippen LogP contribution in [-0.2, 0) is 22.8 Å². The highest BCUT2D eigenvalue weighted by molar-refractivity contribution is 7.91. The summed E-state index contributed by atoms with van der Waals surface area (Å²) >= 11 is 0. The smallest absolute Gasteiger partial charge is 0.206 e. The van der Waals surface area contributed by atoms with Gasteiger partial charge in [-0.25, -0.2) is 8.42 Å². The molecule has 1 aromatic heterocycles. The fourth-order valence-corrected chi connectivity index (χ4v) is 4.54. The van der Waals surface area contributed by atoms with Crippen LogP contribution in [0.4, 0.5) is 0 Å². The van der Waals surface area contributed by atoms with E-state index < -0.39 is 9.84 Å². The molecule has 4 nitrogen and oxygen atoms in total. The summed E-state index contributed by atoms with van der Waals surface area (Å²) in [6.45, 7) is 1.87. The first-order valence-corrected chi connectivity index (χ1v) is 9.16. The molecule has 3 aromatic rings. The normalized spacial score (nSPS) is 15.7. The summed E-state index contributed by atoms with van der Waals surface area (Å²) < 4.78 is 25.6. The van der Waals surface area contributed by atoms with E-state index in [1.54, 1.807) is 30.3 Å². The van der Waals surface area contributed by atoms with E-state index in [9.17, 15) is 8.42 Å². The van der Waals surface area contributed by atoms with Crippen LogP contribution in [0.25, 0.3) is 10.9 Å². The monoisotopic (exact) mass is 326 g/mol. The zero-order chi connectivity index (χ0) is 16.0. The number of aromatic amines is 1.